The molecule has 1 saturated heterocycles. The van der Waals surface area contributed by atoms with E-state index in [1.807, 2.05) is 33.8 Å². The molecule has 1 aliphatic carbocycles. The predicted molar refractivity (Wildman–Crippen MR) is 111 cm³/mol. The van der Waals surface area contributed by atoms with E-state index in [0.717, 1.165) is 18.5 Å². The Balaban J connectivity index is 0.00000164. The number of carbonyl (C=O) groups excluding carboxylic acids is 1. The number of anilines is 1. The molecule has 1 aromatic rings. The molecule has 0 bridgehead atoms. The molecular weight excluding hydrogens is 344 g/mol. The van der Waals surface area contributed by atoms with Crippen LogP contribution in [0.15, 0.2) is 19.2 Å². The molecule has 2 heterocycles. The third-order valence-electron chi connectivity index (χ3n) is 4.36. The Bertz CT molecular complexity index is 617. The fraction of sp³-hybridized carbons (Fsp3) is 0.700. The van der Waals surface area contributed by atoms with Gasteiger partial charge in [0.05, 0.1) is 17.8 Å². The van der Waals surface area contributed by atoms with Gasteiger partial charge in [-0.2, -0.15) is 5.10 Å². The maximum atomic E-state index is 11.9. The first-order valence-corrected chi connectivity index (χ1v) is 8.63. The normalized spacial score (nSPS) is 22.4. The summed E-state index contributed by atoms with van der Waals surface area (Å²) in [5.41, 5.74) is 6.57. The van der Waals surface area contributed by atoms with Gasteiger partial charge in [0.1, 0.15) is 18.0 Å². The van der Waals surface area contributed by atoms with Crippen LogP contribution in [0.3, 0.4) is 0 Å². The minimum atomic E-state index is -0.362. The Morgan fingerprint density at radius 2 is 2.00 bits per heavy atom. The Morgan fingerprint density at radius 1 is 1.41 bits per heavy atom. The maximum Gasteiger partial charge on any atom is 0.407 e. The second-order valence-electron chi connectivity index (χ2n) is 7.85. The molecule has 2 unspecified atom stereocenters. The summed E-state index contributed by atoms with van der Waals surface area (Å²) in [5.74, 6) is 0.611. The molecule has 1 aromatic heterocycles. The summed E-state index contributed by atoms with van der Waals surface area (Å²) in [4.78, 5) is 11.9. The summed E-state index contributed by atoms with van der Waals surface area (Å²) >= 11 is 0. The highest BCUT2D eigenvalue weighted by Gasteiger charge is 2.40. The zero-order valence-corrected chi connectivity index (χ0v) is 15.7. The van der Waals surface area contributed by atoms with Gasteiger partial charge in [0, 0.05) is 18.0 Å². The molecule has 0 spiro atoms. The van der Waals surface area contributed by atoms with Gasteiger partial charge in [-0.05, 0) is 40.5 Å². The first-order chi connectivity index (χ1) is 11.7. The van der Waals surface area contributed by atoms with E-state index in [9.17, 15) is 4.79 Å². The molecule has 1 aliphatic heterocycles. The lowest BCUT2D eigenvalue weighted by Crippen LogP contribution is -2.37. The van der Waals surface area contributed by atoms with Gasteiger partial charge >= 0.3 is 6.09 Å². The second-order valence-corrected chi connectivity index (χ2v) is 7.85. The number of ether oxygens (including phenoxy) is 2. The Hall–Kier alpha value is -2.02. The lowest BCUT2D eigenvalue weighted by atomic mass is 10.1. The number of amides is 1. The van der Waals surface area contributed by atoms with Gasteiger partial charge in [-0.3, -0.25) is 0 Å². The number of nitrogens with two attached hydrogens (primary N) is 1. The number of nitrogens with zero attached hydrogens (tertiary/aromatic N) is 2. The van der Waals surface area contributed by atoms with Gasteiger partial charge in [0.2, 0.25) is 0 Å². The molecule has 156 valence electrons. The van der Waals surface area contributed by atoms with Crippen molar-refractivity contribution in [3.05, 3.63) is 24.9 Å². The third-order valence-corrected chi connectivity index (χ3v) is 4.36. The van der Waals surface area contributed by atoms with E-state index in [4.69, 9.17) is 15.2 Å². The number of alkyl carbamates (subject to hydrolysis) is 1. The average molecular weight is 383 g/mol. The number of nitrogens with one attached hydrogen (secondary N) is 1. The lowest BCUT2D eigenvalue weighted by Gasteiger charge is -2.20. The number of aromatic nitrogens is 2. The molecule has 2 fully saturated rings. The number of rotatable bonds is 3. The molecule has 1 saturated carbocycles. The molecule has 2 aliphatic rings. The SMILES string of the molecule is C.C.C=C.CC1(NC(=O)OC2COC(c3cc(N)n(C(C)(C)C)n3)C2)CC1. The van der Waals surface area contributed by atoms with Crippen LogP contribution in [0.5, 0.6) is 0 Å². The summed E-state index contributed by atoms with van der Waals surface area (Å²) < 4.78 is 13.0. The van der Waals surface area contributed by atoms with Gasteiger partial charge < -0.3 is 20.5 Å². The van der Waals surface area contributed by atoms with Crippen molar-refractivity contribution in [2.45, 2.75) is 85.1 Å². The number of hydrogen-bond donors (Lipinski definition) is 2. The maximum absolute atomic E-state index is 11.9. The molecule has 1 amide bonds. The van der Waals surface area contributed by atoms with Crippen molar-refractivity contribution in [2.24, 2.45) is 0 Å². The average Bonchev–Trinajstić information content (AvgIpc) is 2.92. The topological polar surface area (TPSA) is 91.4 Å². The van der Waals surface area contributed by atoms with Crippen molar-refractivity contribution in [1.29, 1.82) is 0 Å². The van der Waals surface area contributed by atoms with Crippen molar-refractivity contribution < 1.29 is 14.3 Å². The van der Waals surface area contributed by atoms with Gasteiger partial charge in [-0.15, -0.1) is 13.2 Å². The van der Waals surface area contributed by atoms with Crippen molar-refractivity contribution in [1.82, 2.24) is 15.1 Å². The molecule has 7 heteroatoms. The van der Waals surface area contributed by atoms with Crippen LogP contribution in [-0.2, 0) is 15.0 Å². The summed E-state index contributed by atoms with van der Waals surface area (Å²) in [6.07, 6.45) is 1.83. The standard InChI is InChI=1S/C16H26N4O3.C2H4.2CH4/c1-15(2,3)20-13(17)8-11(19-20)12-7-10(9-22-12)23-14(21)18-16(4)5-6-16;1-2;;/h8,10,12H,5-7,9,17H2,1-4H3,(H,18,21);1-2H2;2*1H4. The van der Waals surface area contributed by atoms with E-state index in [1.54, 1.807) is 4.68 Å². The first-order valence-electron chi connectivity index (χ1n) is 8.63. The van der Waals surface area contributed by atoms with Gasteiger partial charge in [-0.1, -0.05) is 14.9 Å². The number of nitrogen functional groups attached to an aromatic ring is 1. The quantitative estimate of drug-likeness (QED) is 0.756. The minimum Gasteiger partial charge on any atom is -0.444 e. The highest BCUT2D eigenvalue weighted by atomic mass is 16.6. The third kappa shape index (κ3) is 6.27. The van der Waals surface area contributed by atoms with Crippen molar-refractivity contribution >= 4 is 11.9 Å². The van der Waals surface area contributed by atoms with E-state index in [1.165, 1.54) is 0 Å². The van der Waals surface area contributed by atoms with E-state index < -0.39 is 0 Å². The molecule has 0 radical (unpaired) electrons. The van der Waals surface area contributed by atoms with Crippen molar-refractivity contribution in [3.63, 3.8) is 0 Å². The summed E-state index contributed by atoms with van der Waals surface area (Å²) in [6.45, 7) is 14.5. The summed E-state index contributed by atoms with van der Waals surface area (Å²) in [5, 5.41) is 7.45. The smallest absolute Gasteiger partial charge is 0.407 e. The van der Waals surface area contributed by atoms with E-state index in [2.05, 4.69) is 23.6 Å². The van der Waals surface area contributed by atoms with Crippen LogP contribution in [0.2, 0.25) is 0 Å². The summed E-state index contributed by atoms with van der Waals surface area (Å²) in [6, 6.07) is 1.84. The van der Waals surface area contributed by atoms with E-state index in [-0.39, 0.29) is 44.2 Å². The zero-order valence-electron chi connectivity index (χ0n) is 15.7. The fourth-order valence-corrected chi connectivity index (χ4v) is 2.74. The molecule has 2 atom stereocenters. The van der Waals surface area contributed by atoms with Gasteiger partial charge in [0.15, 0.2) is 0 Å². The number of carbonyl (C=O) groups is 1. The predicted octanol–water partition coefficient (Wildman–Crippen LogP) is 4.40. The largest absolute Gasteiger partial charge is 0.444 e. The van der Waals surface area contributed by atoms with Crippen LogP contribution in [0.25, 0.3) is 0 Å². The van der Waals surface area contributed by atoms with Crippen molar-refractivity contribution in [3.8, 4) is 0 Å². The zero-order chi connectivity index (χ0) is 18.8. The molecule has 3 N–H and O–H groups in total. The van der Waals surface area contributed by atoms with Crippen LogP contribution in [0.1, 0.15) is 73.6 Å². The second kappa shape index (κ2) is 9.26. The van der Waals surface area contributed by atoms with Gasteiger partial charge in [-0.25, -0.2) is 9.48 Å². The summed E-state index contributed by atoms with van der Waals surface area (Å²) in [7, 11) is 0. The molecule has 0 aromatic carbocycles. The highest BCUT2D eigenvalue weighted by molar-refractivity contribution is 5.69. The van der Waals surface area contributed by atoms with Crippen LogP contribution < -0.4 is 11.1 Å². The highest BCUT2D eigenvalue weighted by Crippen LogP contribution is 2.35. The minimum absolute atomic E-state index is 0. The fourth-order valence-electron chi connectivity index (χ4n) is 2.74. The Kier molecular flexibility index (Phi) is 8.57. The first kappa shape index (κ1) is 25.0. The molecular formula is C20H38N4O3. The van der Waals surface area contributed by atoms with Crippen molar-refractivity contribution in [2.75, 3.05) is 12.3 Å². The molecule has 3 rings (SSSR count). The van der Waals surface area contributed by atoms with Crippen LogP contribution >= 0.6 is 0 Å². The van der Waals surface area contributed by atoms with E-state index >= 15 is 0 Å². The van der Waals surface area contributed by atoms with Crippen LogP contribution in [0.4, 0.5) is 10.6 Å². The number of hydrogen-bond acceptors (Lipinski definition) is 5. The Labute approximate surface area is 164 Å². The lowest BCUT2D eigenvalue weighted by molar-refractivity contribution is 0.0672. The molecule has 7 nitrogen and oxygen atoms in total. The van der Waals surface area contributed by atoms with Gasteiger partial charge in [0.25, 0.3) is 0 Å². The monoisotopic (exact) mass is 382 g/mol. The Morgan fingerprint density at radius 3 is 2.48 bits per heavy atom. The van der Waals surface area contributed by atoms with Crippen LogP contribution in [-0.4, -0.2) is 34.1 Å². The molecule has 27 heavy (non-hydrogen) atoms. The van der Waals surface area contributed by atoms with E-state index in [0.29, 0.717) is 18.8 Å². The van der Waals surface area contributed by atoms with Crippen LogP contribution in [0, 0.1) is 0 Å².